The van der Waals surface area contributed by atoms with E-state index in [0.29, 0.717) is 37.2 Å². The standard InChI is InChI=1S/C16H24F2O2/c1-4-5-12-6-7-14(16(18)15(12)17)10(2)13-8-19-11(3)20-9-13/h11-13,15H,2,4-9H2,1,3H3. The topological polar surface area (TPSA) is 18.5 Å². The van der Waals surface area contributed by atoms with Gasteiger partial charge in [0.2, 0.25) is 0 Å². The fraction of sp³-hybridized carbons (Fsp3) is 0.750. The van der Waals surface area contributed by atoms with Crippen LogP contribution >= 0.6 is 0 Å². The lowest BCUT2D eigenvalue weighted by atomic mass is 9.80. The average molecular weight is 286 g/mol. The number of halogens is 2. The molecule has 0 aromatic heterocycles. The summed E-state index contributed by atoms with van der Waals surface area (Å²) < 4.78 is 39.2. The van der Waals surface area contributed by atoms with Crippen molar-refractivity contribution in [1.29, 1.82) is 0 Å². The second-order valence-electron chi connectivity index (χ2n) is 5.77. The van der Waals surface area contributed by atoms with Crippen LogP contribution in [-0.2, 0) is 9.47 Å². The van der Waals surface area contributed by atoms with E-state index in [0.717, 1.165) is 12.8 Å². The average Bonchev–Trinajstić information content (AvgIpc) is 2.44. The highest BCUT2D eigenvalue weighted by Gasteiger charge is 2.34. The minimum absolute atomic E-state index is 0.0677. The number of rotatable bonds is 4. The van der Waals surface area contributed by atoms with Crippen molar-refractivity contribution in [1.82, 2.24) is 0 Å². The van der Waals surface area contributed by atoms with Gasteiger partial charge >= 0.3 is 0 Å². The first-order chi connectivity index (χ1) is 9.54. The van der Waals surface area contributed by atoms with Crippen LogP contribution in [0.25, 0.3) is 0 Å². The van der Waals surface area contributed by atoms with Crippen molar-refractivity contribution in [2.45, 2.75) is 52.0 Å². The van der Waals surface area contributed by atoms with Crippen LogP contribution in [0.5, 0.6) is 0 Å². The second-order valence-corrected chi connectivity index (χ2v) is 5.77. The molecule has 1 fully saturated rings. The minimum atomic E-state index is -1.47. The van der Waals surface area contributed by atoms with Gasteiger partial charge in [-0.25, -0.2) is 8.78 Å². The lowest BCUT2D eigenvalue weighted by Crippen LogP contribution is -2.32. The van der Waals surface area contributed by atoms with Gasteiger partial charge in [0.15, 0.2) is 12.5 Å². The molecule has 114 valence electrons. The van der Waals surface area contributed by atoms with E-state index < -0.39 is 12.0 Å². The van der Waals surface area contributed by atoms with E-state index in [1.165, 1.54) is 0 Å². The van der Waals surface area contributed by atoms with Gasteiger partial charge in [0.05, 0.1) is 13.2 Å². The van der Waals surface area contributed by atoms with Crippen LogP contribution in [-0.4, -0.2) is 25.7 Å². The van der Waals surface area contributed by atoms with Gasteiger partial charge in [0.1, 0.15) is 5.83 Å². The Hall–Kier alpha value is -0.740. The summed E-state index contributed by atoms with van der Waals surface area (Å²) >= 11 is 0. The number of alkyl halides is 1. The van der Waals surface area contributed by atoms with E-state index in [-0.39, 0.29) is 18.1 Å². The molecule has 2 nitrogen and oxygen atoms in total. The van der Waals surface area contributed by atoms with Gasteiger partial charge < -0.3 is 9.47 Å². The Bertz CT molecular complexity index is 384. The molecule has 1 saturated heterocycles. The monoisotopic (exact) mass is 286 g/mol. The first-order valence-corrected chi connectivity index (χ1v) is 7.49. The second kappa shape index (κ2) is 6.81. The van der Waals surface area contributed by atoms with Crippen LogP contribution in [0.2, 0.25) is 0 Å². The molecule has 2 atom stereocenters. The third kappa shape index (κ3) is 3.29. The summed E-state index contributed by atoms with van der Waals surface area (Å²) in [6.07, 6.45) is 1.19. The van der Waals surface area contributed by atoms with Crippen LogP contribution in [0.15, 0.2) is 23.6 Å². The Labute approximate surface area is 119 Å². The summed E-state index contributed by atoms with van der Waals surface area (Å²) in [5, 5.41) is 0. The minimum Gasteiger partial charge on any atom is -0.352 e. The summed E-state index contributed by atoms with van der Waals surface area (Å²) in [4.78, 5) is 0. The molecule has 2 unspecified atom stereocenters. The first-order valence-electron chi connectivity index (χ1n) is 7.49. The molecule has 4 heteroatoms. The van der Waals surface area contributed by atoms with E-state index in [1.54, 1.807) is 0 Å². The van der Waals surface area contributed by atoms with E-state index in [4.69, 9.17) is 9.47 Å². The van der Waals surface area contributed by atoms with Crippen molar-refractivity contribution < 1.29 is 18.3 Å². The van der Waals surface area contributed by atoms with E-state index in [1.807, 2.05) is 13.8 Å². The Balaban J connectivity index is 2.06. The maximum absolute atomic E-state index is 14.3. The smallest absolute Gasteiger partial charge is 0.154 e. The van der Waals surface area contributed by atoms with Gasteiger partial charge in [-0.1, -0.05) is 19.9 Å². The molecule has 0 aromatic rings. The largest absolute Gasteiger partial charge is 0.352 e. The summed E-state index contributed by atoms with van der Waals surface area (Å²) in [5.74, 6) is -0.865. The van der Waals surface area contributed by atoms with Crippen LogP contribution < -0.4 is 0 Å². The third-order valence-electron chi connectivity index (χ3n) is 4.31. The molecule has 0 saturated carbocycles. The zero-order chi connectivity index (χ0) is 14.7. The fourth-order valence-corrected chi connectivity index (χ4v) is 2.99. The molecule has 0 aromatic carbocycles. The van der Waals surface area contributed by atoms with Gasteiger partial charge in [-0.15, -0.1) is 0 Å². The molecular weight excluding hydrogens is 262 g/mol. The highest BCUT2D eigenvalue weighted by molar-refractivity contribution is 5.36. The van der Waals surface area contributed by atoms with Crippen molar-refractivity contribution >= 4 is 0 Å². The van der Waals surface area contributed by atoms with Gasteiger partial charge in [-0.3, -0.25) is 0 Å². The Morgan fingerprint density at radius 1 is 1.35 bits per heavy atom. The Morgan fingerprint density at radius 3 is 2.60 bits per heavy atom. The van der Waals surface area contributed by atoms with Gasteiger partial charge in [0.25, 0.3) is 0 Å². The van der Waals surface area contributed by atoms with E-state index >= 15 is 0 Å². The SMILES string of the molecule is C=C(C1=C(F)C(F)C(CCC)CC1)C1COC(C)OC1. The molecule has 1 aliphatic heterocycles. The van der Waals surface area contributed by atoms with Gasteiger partial charge in [0, 0.05) is 5.92 Å². The Kier molecular flexibility index (Phi) is 5.33. The molecule has 1 aliphatic carbocycles. The molecule has 0 radical (unpaired) electrons. The van der Waals surface area contributed by atoms with Gasteiger partial charge in [-0.2, -0.15) is 0 Å². The molecule has 1 heterocycles. The molecule has 0 bridgehead atoms. The van der Waals surface area contributed by atoms with Crippen LogP contribution in [0, 0.1) is 11.8 Å². The van der Waals surface area contributed by atoms with E-state index in [2.05, 4.69) is 6.58 Å². The summed E-state index contributed by atoms with van der Waals surface area (Å²) in [7, 11) is 0. The number of hydrogen-bond donors (Lipinski definition) is 0. The molecule has 20 heavy (non-hydrogen) atoms. The predicted octanol–water partition coefficient (Wildman–Crippen LogP) is 4.32. The lowest BCUT2D eigenvalue weighted by molar-refractivity contribution is -0.183. The maximum Gasteiger partial charge on any atom is 0.154 e. The molecular formula is C16H24F2O2. The molecule has 2 rings (SSSR count). The summed E-state index contributed by atoms with van der Waals surface area (Å²) in [6.45, 7) is 8.71. The number of allylic oxidation sites excluding steroid dienone is 2. The van der Waals surface area contributed by atoms with Crippen molar-refractivity contribution in [2.24, 2.45) is 11.8 Å². The highest BCUT2D eigenvalue weighted by Crippen LogP contribution is 2.40. The summed E-state index contributed by atoms with van der Waals surface area (Å²) in [5.41, 5.74) is 1.10. The Morgan fingerprint density at radius 2 is 2.00 bits per heavy atom. The lowest BCUT2D eigenvalue weighted by Gasteiger charge is -2.33. The van der Waals surface area contributed by atoms with Gasteiger partial charge in [-0.05, 0) is 43.3 Å². The van der Waals surface area contributed by atoms with Crippen LogP contribution in [0.3, 0.4) is 0 Å². The number of ether oxygens (including phenoxy) is 2. The van der Waals surface area contributed by atoms with Crippen molar-refractivity contribution in [3.05, 3.63) is 23.6 Å². The summed E-state index contributed by atoms with van der Waals surface area (Å²) in [6, 6.07) is 0. The van der Waals surface area contributed by atoms with Crippen molar-refractivity contribution in [3.63, 3.8) is 0 Å². The van der Waals surface area contributed by atoms with E-state index in [9.17, 15) is 8.78 Å². The number of hydrogen-bond acceptors (Lipinski definition) is 2. The van der Waals surface area contributed by atoms with Crippen LogP contribution in [0.4, 0.5) is 8.78 Å². The fourth-order valence-electron chi connectivity index (χ4n) is 2.99. The molecule has 0 spiro atoms. The predicted molar refractivity (Wildman–Crippen MR) is 74.7 cm³/mol. The zero-order valence-corrected chi connectivity index (χ0v) is 12.3. The van der Waals surface area contributed by atoms with Crippen LogP contribution in [0.1, 0.15) is 39.5 Å². The molecule has 2 aliphatic rings. The van der Waals surface area contributed by atoms with Crippen molar-refractivity contribution in [3.8, 4) is 0 Å². The maximum atomic E-state index is 14.3. The first kappa shape index (κ1) is 15.6. The quantitative estimate of drug-likeness (QED) is 0.766. The normalized spacial score (nSPS) is 35.2. The highest BCUT2D eigenvalue weighted by atomic mass is 19.2. The third-order valence-corrected chi connectivity index (χ3v) is 4.31. The zero-order valence-electron chi connectivity index (χ0n) is 12.3. The molecule has 0 amide bonds. The van der Waals surface area contributed by atoms with Crippen molar-refractivity contribution in [2.75, 3.05) is 13.2 Å². The molecule has 0 N–H and O–H groups in total.